The van der Waals surface area contributed by atoms with Gasteiger partial charge in [0.15, 0.2) is 11.7 Å². The van der Waals surface area contributed by atoms with E-state index in [-0.39, 0.29) is 12.5 Å². The minimum Gasteiger partial charge on any atom is -0.482 e. The van der Waals surface area contributed by atoms with Crippen LogP contribution >= 0.6 is 11.3 Å². The van der Waals surface area contributed by atoms with E-state index in [2.05, 4.69) is 25.8 Å². The summed E-state index contributed by atoms with van der Waals surface area (Å²) >= 11 is 1.52. The van der Waals surface area contributed by atoms with E-state index in [9.17, 15) is 4.79 Å². The molecule has 2 aromatic heterocycles. The van der Waals surface area contributed by atoms with Gasteiger partial charge < -0.3 is 15.4 Å². The number of rotatable bonds is 3. The first kappa shape index (κ1) is 18.0. The maximum absolute atomic E-state index is 11.5. The second-order valence-electron chi connectivity index (χ2n) is 5.88. The van der Waals surface area contributed by atoms with Crippen LogP contribution in [-0.4, -0.2) is 27.7 Å². The average molecular weight is 393 g/mol. The van der Waals surface area contributed by atoms with Crippen molar-refractivity contribution in [3.63, 3.8) is 0 Å². The van der Waals surface area contributed by atoms with E-state index in [1.54, 1.807) is 6.20 Å². The van der Waals surface area contributed by atoms with E-state index < -0.39 is 0 Å². The Bertz CT molecular complexity index is 1130. The number of aromatic amines is 1. The first-order chi connectivity index (χ1) is 13.7. The van der Waals surface area contributed by atoms with Crippen molar-refractivity contribution in [2.75, 3.05) is 17.2 Å². The predicted molar refractivity (Wildman–Crippen MR) is 112 cm³/mol. The number of H-pyrrole nitrogens is 1. The molecule has 8 heteroatoms. The number of fused-ring (bicyclic) bond motifs is 2. The highest BCUT2D eigenvalue weighted by Gasteiger charge is 2.17. The van der Waals surface area contributed by atoms with E-state index in [0.29, 0.717) is 11.4 Å². The van der Waals surface area contributed by atoms with Gasteiger partial charge in [-0.1, -0.05) is 13.8 Å². The Balaban J connectivity index is 0.000000932. The number of amides is 1. The minimum atomic E-state index is -0.148. The van der Waals surface area contributed by atoms with Crippen molar-refractivity contribution in [3.8, 4) is 17.0 Å². The zero-order valence-corrected chi connectivity index (χ0v) is 16.3. The van der Waals surface area contributed by atoms with Crippen LogP contribution < -0.4 is 15.4 Å². The third kappa shape index (κ3) is 3.54. The third-order valence-electron chi connectivity index (χ3n) is 4.10. The van der Waals surface area contributed by atoms with Gasteiger partial charge in [-0.15, -0.1) is 11.3 Å². The number of nitrogens with one attached hydrogen (secondary N) is 3. The normalized spacial score (nSPS) is 12.4. The van der Waals surface area contributed by atoms with Crippen LogP contribution in [0.5, 0.6) is 5.75 Å². The van der Waals surface area contributed by atoms with Gasteiger partial charge in [0, 0.05) is 22.0 Å². The quantitative estimate of drug-likeness (QED) is 0.466. The van der Waals surface area contributed by atoms with Crippen molar-refractivity contribution in [2.24, 2.45) is 0 Å². The molecule has 3 heterocycles. The highest BCUT2D eigenvalue weighted by atomic mass is 32.1. The predicted octanol–water partition coefficient (Wildman–Crippen LogP) is 4.79. The Labute approximate surface area is 165 Å². The second kappa shape index (κ2) is 7.69. The number of thiazole rings is 1. The van der Waals surface area contributed by atoms with Crippen LogP contribution in [0.1, 0.15) is 13.8 Å². The first-order valence-corrected chi connectivity index (χ1v) is 9.85. The third-order valence-corrected chi connectivity index (χ3v) is 4.86. The summed E-state index contributed by atoms with van der Waals surface area (Å²) in [5.74, 6) is 0.528. The number of anilines is 3. The largest absolute Gasteiger partial charge is 0.482 e. The number of hydrogen-bond donors (Lipinski definition) is 3. The summed E-state index contributed by atoms with van der Waals surface area (Å²) in [5, 5.41) is 16.9. The number of ether oxygens (including phenoxy) is 1. The number of carbonyl (C=O) groups is 1. The van der Waals surface area contributed by atoms with Crippen molar-refractivity contribution >= 4 is 44.7 Å². The summed E-state index contributed by atoms with van der Waals surface area (Å²) in [6, 6.07) is 11.6. The maximum Gasteiger partial charge on any atom is 0.262 e. The van der Waals surface area contributed by atoms with Gasteiger partial charge in [-0.05, 0) is 36.4 Å². The molecule has 0 spiro atoms. The van der Waals surface area contributed by atoms with E-state index in [1.807, 2.05) is 55.6 Å². The van der Waals surface area contributed by atoms with Crippen LogP contribution in [0.15, 0.2) is 48.0 Å². The number of benzene rings is 2. The maximum atomic E-state index is 11.5. The Kier molecular flexibility index (Phi) is 4.94. The van der Waals surface area contributed by atoms with Crippen molar-refractivity contribution in [2.45, 2.75) is 13.8 Å². The van der Waals surface area contributed by atoms with Gasteiger partial charge in [0.05, 0.1) is 23.1 Å². The van der Waals surface area contributed by atoms with Crippen molar-refractivity contribution in [1.82, 2.24) is 15.2 Å². The van der Waals surface area contributed by atoms with E-state index >= 15 is 0 Å². The molecule has 0 radical (unpaired) electrons. The highest BCUT2D eigenvalue weighted by Crippen LogP contribution is 2.34. The molecule has 7 nitrogen and oxygen atoms in total. The zero-order valence-electron chi connectivity index (χ0n) is 15.4. The Hall–Kier alpha value is -3.39. The molecular weight excluding hydrogens is 374 g/mol. The van der Waals surface area contributed by atoms with E-state index in [0.717, 1.165) is 33.0 Å². The summed E-state index contributed by atoms with van der Waals surface area (Å²) in [4.78, 5) is 16.1. The van der Waals surface area contributed by atoms with Crippen LogP contribution in [-0.2, 0) is 4.79 Å². The summed E-state index contributed by atoms with van der Waals surface area (Å²) in [5.41, 5.74) is 4.37. The molecule has 0 fully saturated rings. The molecule has 2 aromatic carbocycles. The van der Waals surface area contributed by atoms with Crippen LogP contribution in [0.3, 0.4) is 0 Å². The molecule has 0 atom stereocenters. The number of aromatic nitrogens is 3. The molecule has 1 amide bonds. The average Bonchev–Trinajstić information content (AvgIpc) is 3.38. The topological polar surface area (TPSA) is 91.9 Å². The van der Waals surface area contributed by atoms with Crippen molar-refractivity contribution in [3.05, 3.63) is 48.0 Å². The Morgan fingerprint density at radius 1 is 1.18 bits per heavy atom. The van der Waals surface area contributed by atoms with Crippen LogP contribution in [0.2, 0.25) is 0 Å². The van der Waals surface area contributed by atoms with Crippen molar-refractivity contribution in [1.29, 1.82) is 0 Å². The summed E-state index contributed by atoms with van der Waals surface area (Å²) < 4.78 is 5.39. The molecule has 1 aliphatic rings. The van der Waals surface area contributed by atoms with Gasteiger partial charge in [0.2, 0.25) is 0 Å². The molecule has 0 unspecified atom stereocenters. The lowest BCUT2D eigenvalue weighted by Gasteiger charge is -2.18. The summed E-state index contributed by atoms with van der Waals surface area (Å²) in [6.07, 6.45) is 1.79. The molecule has 28 heavy (non-hydrogen) atoms. The van der Waals surface area contributed by atoms with Crippen LogP contribution in [0.4, 0.5) is 16.5 Å². The molecule has 142 valence electrons. The second-order valence-corrected chi connectivity index (χ2v) is 6.74. The molecule has 4 aromatic rings. The smallest absolute Gasteiger partial charge is 0.262 e. The molecule has 0 saturated carbocycles. The minimum absolute atomic E-state index is 0.0537. The van der Waals surface area contributed by atoms with E-state index in [1.165, 1.54) is 11.3 Å². The van der Waals surface area contributed by atoms with Crippen LogP contribution in [0, 0.1) is 0 Å². The summed E-state index contributed by atoms with van der Waals surface area (Å²) in [7, 11) is 0. The fraction of sp³-hybridized carbons (Fsp3) is 0.150. The van der Waals surface area contributed by atoms with Gasteiger partial charge >= 0.3 is 0 Å². The molecular formula is C20H19N5O2S. The fourth-order valence-corrected chi connectivity index (χ4v) is 3.59. The molecule has 3 N–H and O–H groups in total. The number of hydrogen-bond acceptors (Lipinski definition) is 6. The number of nitrogens with zero attached hydrogens (tertiary/aromatic N) is 2. The van der Waals surface area contributed by atoms with E-state index in [4.69, 9.17) is 4.74 Å². The highest BCUT2D eigenvalue weighted by molar-refractivity contribution is 7.14. The lowest BCUT2D eigenvalue weighted by Crippen LogP contribution is -2.25. The summed E-state index contributed by atoms with van der Waals surface area (Å²) in [6.45, 7) is 4.05. The molecule has 1 aliphatic heterocycles. The van der Waals surface area contributed by atoms with Crippen LogP contribution in [0.25, 0.3) is 22.2 Å². The number of carbonyl (C=O) groups excluding carboxylic acids is 1. The Morgan fingerprint density at radius 2 is 2.07 bits per heavy atom. The van der Waals surface area contributed by atoms with Gasteiger partial charge in [0.25, 0.3) is 5.91 Å². The molecule has 0 aliphatic carbocycles. The van der Waals surface area contributed by atoms with Gasteiger partial charge in [-0.3, -0.25) is 9.89 Å². The van der Waals surface area contributed by atoms with Gasteiger partial charge in [0.1, 0.15) is 5.75 Å². The van der Waals surface area contributed by atoms with Crippen molar-refractivity contribution < 1.29 is 9.53 Å². The lowest BCUT2D eigenvalue weighted by molar-refractivity contribution is -0.118. The lowest BCUT2D eigenvalue weighted by atomic mass is 10.1. The zero-order chi connectivity index (χ0) is 19.5. The monoisotopic (exact) mass is 393 g/mol. The standard InChI is InChI=1S/C18H13N5O2S.C2H6/c24-17-8-25-16-4-1-10(6-14(16)21-17)15-9-26-18(22-15)20-12-2-3-13-11(5-12)7-19-23-13;1-2/h1-7,9H,8H2,(H,19,23)(H,20,22)(H,21,24);1-2H3. The molecule has 0 bridgehead atoms. The Morgan fingerprint density at radius 3 is 2.96 bits per heavy atom. The molecule has 5 rings (SSSR count). The first-order valence-electron chi connectivity index (χ1n) is 8.97. The molecule has 0 saturated heterocycles. The van der Waals surface area contributed by atoms with Gasteiger partial charge in [-0.25, -0.2) is 4.98 Å². The SMILES string of the molecule is CC.O=C1COc2ccc(-c3csc(Nc4ccc5[nH]ncc5c4)n3)cc2N1. The van der Waals surface area contributed by atoms with Gasteiger partial charge in [-0.2, -0.15) is 5.10 Å². The fourth-order valence-electron chi connectivity index (χ4n) is 2.85.